The summed E-state index contributed by atoms with van der Waals surface area (Å²) in [5.74, 6) is 0.730. The molecule has 0 unspecified atom stereocenters. The van der Waals surface area contributed by atoms with E-state index in [2.05, 4.69) is 0 Å². The fraction of sp³-hybridized carbons (Fsp3) is 0.667. The van der Waals surface area contributed by atoms with Crippen molar-refractivity contribution in [3.05, 3.63) is 18.7 Å². The normalized spacial score (nSPS) is 14.9. The van der Waals surface area contributed by atoms with E-state index in [9.17, 15) is 4.79 Å². The standard InChI is InChI=1S/C12H20N3O.HI/c1-3-14(9-11-5-4-6-11)12(16)15-8-7-13(2)10-15;/h7-8,10-11H,3-6,9H2,1-2H3;1H/q+1;/p-1. The van der Waals surface area contributed by atoms with Crippen molar-refractivity contribution in [1.29, 1.82) is 0 Å². The van der Waals surface area contributed by atoms with Gasteiger partial charge in [0, 0.05) is 13.1 Å². The van der Waals surface area contributed by atoms with E-state index in [1.165, 1.54) is 19.3 Å². The second-order valence-corrected chi connectivity index (χ2v) is 4.60. The average molecular weight is 349 g/mol. The molecule has 1 aromatic rings. The molecule has 0 atom stereocenters. The first-order valence-electron chi connectivity index (χ1n) is 6.03. The van der Waals surface area contributed by atoms with Gasteiger partial charge in [0.25, 0.3) is 6.33 Å². The molecule has 2 rings (SSSR count). The lowest BCUT2D eigenvalue weighted by Gasteiger charge is -2.30. The van der Waals surface area contributed by atoms with Gasteiger partial charge in [-0.3, -0.25) is 0 Å². The van der Waals surface area contributed by atoms with Gasteiger partial charge in [-0.1, -0.05) is 6.42 Å². The van der Waals surface area contributed by atoms with Gasteiger partial charge in [0.05, 0.1) is 7.05 Å². The Morgan fingerprint density at radius 3 is 2.65 bits per heavy atom. The Labute approximate surface area is 120 Å². The molecule has 5 heteroatoms. The molecule has 0 radical (unpaired) electrons. The average Bonchev–Trinajstić information content (AvgIpc) is 2.63. The van der Waals surface area contributed by atoms with Gasteiger partial charge in [-0.2, -0.15) is 4.57 Å². The van der Waals surface area contributed by atoms with Crippen LogP contribution in [-0.2, 0) is 7.05 Å². The van der Waals surface area contributed by atoms with Gasteiger partial charge in [0.1, 0.15) is 12.4 Å². The van der Waals surface area contributed by atoms with Crippen LogP contribution in [0.2, 0.25) is 0 Å². The lowest BCUT2D eigenvalue weighted by atomic mass is 9.85. The van der Waals surface area contributed by atoms with Crippen LogP contribution >= 0.6 is 0 Å². The monoisotopic (exact) mass is 349 g/mol. The maximum Gasteiger partial charge on any atom is 0.415 e. The number of imidazole rings is 1. The Hall–Kier alpha value is -0.590. The first-order valence-corrected chi connectivity index (χ1v) is 6.03. The van der Waals surface area contributed by atoms with E-state index >= 15 is 0 Å². The van der Waals surface area contributed by atoms with E-state index in [1.807, 2.05) is 42.2 Å². The number of hydrogen-bond donors (Lipinski definition) is 0. The van der Waals surface area contributed by atoms with Gasteiger partial charge in [0.2, 0.25) is 0 Å². The Morgan fingerprint density at radius 1 is 1.53 bits per heavy atom. The zero-order chi connectivity index (χ0) is 11.5. The summed E-state index contributed by atoms with van der Waals surface area (Å²) < 4.78 is 3.54. The molecule has 1 aliphatic carbocycles. The van der Waals surface area contributed by atoms with Crippen molar-refractivity contribution >= 4 is 6.03 Å². The molecule has 1 fully saturated rings. The maximum atomic E-state index is 12.1. The van der Waals surface area contributed by atoms with Crippen molar-refractivity contribution in [3.8, 4) is 0 Å². The summed E-state index contributed by atoms with van der Waals surface area (Å²) in [4.78, 5) is 14.1. The minimum absolute atomic E-state index is 0. The third-order valence-electron chi connectivity index (χ3n) is 3.35. The van der Waals surface area contributed by atoms with Crippen molar-refractivity contribution in [1.82, 2.24) is 9.47 Å². The van der Waals surface area contributed by atoms with Crippen LogP contribution in [0.25, 0.3) is 0 Å². The molecule has 0 spiro atoms. The van der Waals surface area contributed by atoms with Crippen LogP contribution in [0, 0.1) is 5.92 Å². The number of rotatable bonds is 3. The highest BCUT2D eigenvalue weighted by Gasteiger charge is 2.25. The fourth-order valence-electron chi connectivity index (χ4n) is 2.06. The van der Waals surface area contributed by atoms with Crippen LogP contribution in [0.1, 0.15) is 26.2 Å². The van der Waals surface area contributed by atoms with E-state index in [0.29, 0.717) is 0 Å². The zero-order valence-electron chi connectivity index (χ0n) is 10.5. The number of halogens is 1. The Bertz CT molecular complexity index is 374. The highest BCUT2D eigenvalue weighted by Crippen LogP contribution is 2.27. The van der Waals surface area contributed by atoms with Crippen LogP contribution in [0.15, 0.2) is 18.7 Å². The molecule has 96 valence electrons. The highest BCUT2D eigenvalue weighted by atomic mass is 127. The maximum absolute atomic E-state index is 12.1. The minimum atomic E-state index is 0. The van der Waals surface area contributed by atoms with E-state index in [4.69, 9.17) is 0 Å². The number of nitrogens with zero attached hydrogens (tertiary/aromatic N) is 3. The van der Waals surface area contributed by atoms with E-state index in [0.717, 1.165) is 19.0 Å². The molecule has 1 aliphatic rings. The fourth-order valence-corrected chi connectivity index (χ4v) is 2.06. The molecule has 0 aliphatic heterocycles. The van der Waals surface area contributed by atoms with Gasteiger partial charge in [-0.25, -0.2) is 9.36 Å². The molecule has 0 bridgehead atoms. The topological polar surface area (TPSA) is 29.1 Å². The number of hydrogen-bond acceptors (Lipinski definition) is 1. The van der Waals surface area contributed by atoms with Crippen molar-refractivity contribution < 1.29 is 33.3 Å². The summed E-state index contributed by atoms with van der Waals surface area (Å²) in [7, 11) is 1.92. The number of amides is 1. The molecular formula is C12H20IN3O. The largest absolute Gasteiger partial charge is 1.00 e. The van der Waals surface area contributed by atoms with E-state index < -0.39 is 0 Å². The van der Waals surface area contributed by atoms with Gasteiger partial charge in [-0.15, -0.1) is 0 Å². The third-order valence-corrected chi connectivity index (χ3v) is 3.35. The third kappa shape index (κ3) is 3.43. The molecule has 4 nitrogen and oxygen atoms in total. The Morgan fingerprint density at radius 2 is 2.24 bits per heavy atom. The predicted molar refractivity (Wildman–Crippen MR) is 61.0 cm³/mol. The molecule has 1 amide bonds. The van der Waals surface area contributed by atoms with Crippen molar-refractivity contribution in [3.63, 3.8) is 0 Å². The predicted octanol–water partition coefficient (Wildman–Crippen LogP) is -1.59. The molecule has 17 heavy (non-hydrogen) atoms. The first kappa shape index (κ1) is 14.5. The van der Waals surface area contributed by atoms with E-state index in [1.54, 1.807) is 4.57 Å². The number of aromatic nitrogens is 2. The minimum Gasteiger partial charge on any atom is -1.00 e. The van der Waals surface area contributed by atoms with Crippen LogP contribution in [0.5, 0.6) is 0 Å². The van der Waals surface area contributed by atoms with Crippen molar-refractivity contribution in [2.75, 3.05) is 13.1 Å². The van der Waals surface area contributed by atoms with Crippen molar-refractivity contribution in [2.45, 2.75) is 26.2 Å². The molecule has 0 aromatic carbocycles. The number of aryl methyl sites for hydroxylation is 1. The van der Waals surface area contributed by atoms with Crippen LogP contribution in [-0.4, -0.2) is 28.6 Å². The van der Waals surface area contributed by atoms with Crippen LogP contribution in [0.4, 0.5) is 4.79 Å². The summed E-state index contributed by atoms with van der Waals surface area (Å²) in [6.45, 7) is 3.74. The van der Waals surface area contributed by atoms with Crippen LogP contribution in [0.3, 0.4) is 0 Å². The van der Waals surface area contributed by atoms with Gasteiger partial charge < -0.3 is 28.9 Å². The smallest absolute Gasteiger partial charge is 0.415 e. The van der Waals surface area contributed by atoms with Gasteiger partial charge >= 0.3 is 6.03 Å². The lowest BCUT2D eigenvalue weighted by molar-refractivity contribution is -0.670. The second kappa shape index (κ2) is 6.37. The van der Waals surface area contributed by atoms with Crippen LogP contribution < -0.4 is 28.5 Å². The summed E-state index contributed by atoms with van der Waals surface area (Å²) in [5.41, 5.74) is 0. The molecule has 1 saturated carbocycles. The second-order valence-electron chi connectivity index (χ2n) is 4.60. The Balaban J connectivity index is 0.00000144. The molecule has 0 saturated heterocycles. The quantitative estimate of drug-likeness (QED) is 0.478. The summed E-state index contributed by atoms with van der Waals surface area (Å²) in [5, 5.41) is 0. The Kier molecular flexibility index (Phi) is 5.42. The summed E-state index contributed by atoms with van der Waals surface area (Å²) >= 11 is 0. The van der Waals surface area contributed by atoms with Gasteiger partial charge in [0.15, 0.2) is 0 Å². The summed E-state index contributed by atoms with van der Waals surface area (Å²) in [6, 6.07) is 0.0926. The lowest BCUT2D eigenvalue weighted by Crippen LogP contribution is -3.00. The zero-order valence-corrected chi connectivity index (χ0v) is 12.6. The molecule has 1 aromatic heterocycles. The van der Waals surface area contributed by atoms with Crippen molar-refractivity contribution in [2.24, 2.45) is 13.0 Å². The molecule has 0 N–H and O–H groups in total. The van der Waals surface area contributed by atoms with E-state index in [-0.39, 0.29) is 30.0 Å². The molecule has 1 heterocycles. The van der Waals surface area contributed by atoms with Gasteiger partial charge in [-0.05, 0) is 25.7 Å². The number of carbonyl (C=O) groups is 1. The summed E-state index contributed by atoms with van der Waals surface area (Å²) in [6.07, 6.45) is 9.40. The molecular weight excluding hydrogens is 329 g/mol. The first-order chi connectivity index (χ1) is 7.70. The number of carbonyl (C=O) groups excluding carboxylic acids is 1. The highest BCUT2D eigenvalue weighted by molar-refractivity contribution is 5.76. The SMILES string of the molecule is CCN(CC1CCC1)C(=O)n1cc[n+](C)c1.[I-].